The van der Waals surface area contributed by atoms with Crippen LogP contribution in [0.15, 0.2) is 41.0 Å². The summed E-state index contributed by atoms with van der Waals surface area (Å²) in [4.78, 5) is 0. The molecular weight excluding hydrogens is 260 g/mol. The molecule has 20 heavy (non-hydrogen) atoms. The van der Waals surface area contributed by atoms with Gasteiger partial charge in [-0.05, 0) is 49.2 Å². The topological polar surface area (TPSA) is 25.2 Å². The Morgan fingerprint density at radius 1 is 1.20 bits per heavy atom. The molecule has 0 aliphatic rings. The summed E-state index contributed by atoms with van der Waals surface area (Å²) in [5.74, 6) is -0.647. The van der Waals surface area contributed by atoms with Gasteiger partial charge in [0.2, 0.25) is 0 Å². The Hall–Kier alpha value is -1.68. The third-order valence-electron chi connectivity index (χ3n) is 3.28. The van der Waals surface area contributed by atoms with E-state index in [-0.39, 0.29) is 6.04 Å². The number of furan rings is 1. The van der Waals surface area contributed by atoms with E-state index in [4.69, 9.17) is 4.42 Å². The Bertz CT molecular complexity index is 525. The fourth-order valence-corrected chi connectivity index (χ4v) is 2.29. The summed E-state index contributed by atoms with van der Waals surface area (Å²) in [5.41, 5.74) is 0.800. The second-order valence-corrected chi connectivity index (χ2v) is 4.83. The van der Waals surface area contributed by atoms with E-state index in [9.17, 15) is 8.78 Å². The molecule has 0 radical (unpaired) electrons. The minimum Gasteiger partial charge on any atom is -0.469 e. The predicted octanol–water partition coefficient (Wildman–Crippen LogP) is 3.71. The Morgan fingerprint density at radius 3 is 2.70 bits per heavy atom. The first-order chi connectivity index (χ1) is 9.69. The summed E-state index contributed by atoms with van der Waals surface area (Å²) in [6, 6.07) is 8.12. The average Bonchev–Trinajstić information content (AvgIpc) is 2.94. The molecule has 4 heteroatoms. The van der Waals surface area contributed by atoms with Crippen molar-refractivity contribution in [2.24, 2.45) is 0 Å². The van der Waals surface area contributed by atoms with Crippen LogP contribution in [0.2, 0.25) is 0 Å². The van der Waals surface area contributed by atoms with Gasteiger partial charge in [0.05, 0.1) is 6.26 Å². The second-order valence-electron chi connectivity index (χ2n) is 4.83. The molecule has 1 atom stereocenters. The molecule has 0 saturated carbocycles. The Morgan fingerprint density at radius 2 is 2.05 bits per heavy atom. The van der Waals surface area contributed by atoms with Crippen LogP contribution in [0.25, 0.3) is 0 Å². The van der Waals surface area contributed by atoms with Gasteiger partial charge in [0.15, 0.2) is 11.6 Å². The molecular formula is C16H19F2NO. The minimum absolute atomic E-state index is 0.218. The summed E-state index contributed by atoms with van der Waals surface area (Å²) < 4.78 is 31.4. The summed E-state index contributed by atoms with van der Waals surface area (Å²) in [5, 5.41) is 3.37. The molecule has 1 aromatic heterocycles. The highest BCUT2D eigenvalue weighted by atomic mass is 19.2. The predicted molar refractivity (Wildman–Crippen MR) is 74.6 cm³/mol. The van der Waals surface area contributed by atoms with Crippen molar-refractivity contribution in [3.05, 3.63) is 59.6 Å². The van der Waals surface area contributed by atoms with E-state index in [0.29, 0.717) is 6.42 Å². The van der Waals surface area contributed by atoms with Crippen molar-refractivity contribution < 1.29 is 13.2 Å². The van der Waals surface area contributed by atoms with E-state index in [1.807, 2.05) is 19.1 Å². The van der Waals surface area contributed by atoms with Gasteiger partial charge in [0, 0.05) is 12.5 Å². The SMILES string of the molecule is CCNC(CCc1ccco1)Cc1ccc(F)c(F)c1. The van der Waals surface area contributed by atoms with Gasteiger partial charge in [-0.2, -0.15) is 0 Å². The quantitative estimate of drug-likeness (QED) is 0.835. The monoisotopic (exact) mass is 279 g/mol. The Labute approximate surface area is 117 Å². The lowest BCUT2D eigenvalue weighted by molar-refractivity contribution is 0.446. The van der Waals surface area contributed by atoms with E-state index >= 15 is 0 Å². The van der Waals surface area contributed by atoms with E-state index in [1.165, 1.54) is 12.1 Å². The highest BCUT2D eigenvalue weighted by Gasteiger charge is 2.11. The van der Waals surface area contributed by atoms with Gasteiger partial charge in [-0.25, -0.2) is 8.78 Å². The van der Waals surface area contributed by atoms with Crippen molar-refractivity contribution in [1.82, 2.24) is 5.32 Å². The number of nitrogens with one attached hydrogen (secondary N) is 1. The van der Waals surface area contributed by atoms with Gasteiger partial charge >= 0.3 is 0 Å². The van der Waals surface area contributed by atoms with Crippen LogP contribution < -0.4 is 5.32 Å². The zero-order valence-electron chi connectivity index (χ0n) is 11.5. The fourth-order valence-electron chi connectivity index (χ4n) is 2.29. The number of rotatable bonds is 7. The van der Waals surface area contributed by atoms with Crippen LogP contribution in [0, 0.1) is 11.6 Å². The third-order valence-corrected chi connectivity index (χ3v) is 3.28. The van der Waals surface area contributed by atoms with Crippen molar-refractivity contribution in [2.45, 2.75) is 32.2 Å². The molecule has 1 unspecified atom stereocenters. The Balaban J connectivity index is 1.95. The van der Waals surface area contributed by atoms with Crippen LogP contribution >= 0.6 is 0 Å². The van der Waals surface area contributed by atoms with Crippen LogP contribution in [0.1, 0.15) is 24.7 Å². The molecule has 0 spiro atoms. The summed E-state index contributed by atoms with van der Waals surface area (Å²) in [6.07, 6.45) is 4.05. The number of hydrogen-bond donors (Lipinski definition) is 1. The minimum atomic E-state index is -0.802. The lowest BCUT2D eigenvalue weighted by atomic mass is 10.0. The van der Waals surface area contributed by atoms with E-state index in [2.05, 4.69) is 5.32 Å². The second kappa shape index (κ2) is 7.20. The van der Waals surface area contributed by atoms with Gasteiger partial charge in [0.1, 0.15) is 5.76 Å². The third kappa shape index (κ3) is 4.17. The molecule has 0 bridgehead atoms. The highest BCUT2D eigenvalue weighted by Crippen LogP contribution is 2.13. The maximum Gasteiger partial charge on any atom is 0.159 e. The van der Waals surface area contributed by atoms with Gasteiger partial charge in [-0.15, -0.1) is 0 Å². The van der Waals surface area contributed by atoms with Crippen LogP contribution in [0.5, 0.6) is 0 Å². The smallest absolute Gasteiger partial charge is 0.159 e. The summed E-state index contributed by atoms with van der Waals surface area (Å²) >= 11 is 0. The Kier molecular flexibility index (Phi) is 5.30. The van der Waals surface area contributed by atoms with Gasteiger partial charge in [-0.3, -0.25) is 0 Å². The van der Waals surface area contributed by atoms with Crippen LogP contribution in [0.4, 0.5) is 8.78 Å². The standard InChI is InChI=1S/C16H19F2NO/c1-2-19-13(6-7-14-4-3-9-20-14)10-12-5-8-15(17)16(18)11-12/h3-5,8-9,11,13,19H,2,6-7,10H2,1H3. The lowest BCUT2D eigenvalue weighted by Crippen LogP contribution is -2.31. The molecule has 1 aromatic carbocycles. The molecule has 0 fully saturated rings. The number of benzene rings is 1. The van der Waals surface area contributed by atoms with Crippen molar-refractivity contribution in [1.29, 1.82) is 0 Å². The summed E-state index contributed by atoms with van der Waals surface area (Å²) in [6.45, 7) is 2.87. The number of hydrogen-bond acceptors (Lipinski definition) is 2. The van der Waals surface area contributed by atoms with Crippen molar-refractivity contribution in [2.75, 3.05) is 6.54 Å². The molecule has 0 amide bonds. The number of aryl methyl sites for hydroxylation is 1. The molecule has 2 aromatic rings. The molecule has 1 N–H and O–H groups in total. The molecule has 1 heterocycles. The first-order valence-corrected chi connectivity index (χ1v) is 6.88. The van der Waals surface area contributed by atoms with Crippen molar-refractivity contribution >= 4 is 0 Å². The largest absolute Gasteiger partial charge is 0.469 e. The lowest BCUT2D eigenvalue weighted by Gasteiger charge is -2.17. The summed E-state index contributed by atoms with van der Waals surface area (Å²) in [7, 11) is 0. The maximum absolute atomic E-state index is 13.2. The van der Waals surface area contributed by atoms with Crippen LogP contribution in [-0.4, -0.2) is 12.6 Å². The number of likely N-dealkylation sites (N-methyl/N-ethyl adjacent to an activating group) is 1. The fraction of sp³-hybridized carbons (Fsp3) is 0.375. The van der Waals surface area contributed by atoms with Crippen molar-refractivity contribution in [3.8, 4) is 0 Å². The molecule has 2 rings (SSSR count). The van der Waals surface area contributed by atoms with E-state index in [1.54, 1.807) is 12.3 Å². The van der Waals surface area contributed by atoms with Crippen molar-refractivity contribution in [3.63, 3.8) is 0 Å². The average molecular weight is 279 g/mol. The first kappa shape index (κ1) is 14.7. The molecule has 108 valence electrons. The highest BCUT2D eigenvalue weighted by molar-refractivity contribution is 5.19. The number of halogens is 2. The van der Waals surface area contributed by atoms with Gasteiger partial charge in [0.25, 0.3) is 0 Å². The normalized spacial score (nSPS) is 12.6. The molecule has 0 aliphatic carbocycles. The van der Waals surface area contributed by atoms with Crippen LogP contribution in [0.3, 0.4) is 0 Å². The van der Waals surface area contributed by atoms with Gasteiger partial charge < -0.3 is 9.73 Å². The maximum atomic E-state index is 13.2. The molecule has 0 aliphatic heterocycles. The van der Waals surface area contributed by atoms with E-state index < -0.39 is 11.6 Å². The molecule has 0 saturated heterocycles. The van der Waals surface area contributed by atoms with E-state index in [0.717, 1.165) is 30.7 Å². The zero-order valence-corrected chi connectivity index (χ0v) is 11.5. The van der Waals surface area contributed by atoms with Crippen LogP contribution in [-0.2, 0) is 12.8 Å². The zero-order chi connectivity index (χ0) is 14.4. The van der Waals surface area contributed by atoms with Gasteiger partial charge in [-0.1, -0.05) is 13.0 Å². The molecule has 2 nitrogen and oxygen atoms in total. The first-order valence-electron chi connectivity index (χ1n) is 6.88.